The van der Waals surface area contributed by atoms with E-state index in [2.05, 4.69) is 42.5 Å². The van der Waals surface area contributed by atoms with Crippen LogP contribution >= 0.6 is 31.9 Å². The second-order valence-corrected chi connectivity index (χ2v) is 6.17. The van der Waals surface area contributed by atoms with Gasteiger partial charge in [-0.15, -0.1) is 0 Å². The fourth-order valence-corrected chi connectivity index (χ4v) is 2.69. The van der Waals surface area contributed by atoms with Gasteiger partial charge in [-0.3, -0.25) is 4.79 Å². The Balaban J connectivity index is 1.92. The van der Waals surface area contributed by atoms with E-state index in [0.717, 1.165) is 25.9 Å². The van der Waals surface area contributed by atoms with E-state index >= 15 is 0 Å². The molecule has 0 aromatic heterocycles. The van der Waals surface area contributed by atoms with Crippen LogP contribution in [0.5, 0.6) is 0 Å². The molecule has 1 amide bonds. The Morgan fingerprint density at radius 3 is 2.65 bits per heavy atom. The lowest BCUT2D eigenvalue weighted by Crippen LogP contribution is -2.21. The van der Waals surface area contributed by atoms with Gasteiger partial charge < -0.3 is 10.6 Å². The molecule has 2 N–H and O–H groups in total. The highest BCUT2D eigenvalue weighted by atomic mass is 79.9. The number of carbonyl (C=O) groups is 1. The first-order valence-corrected chi connectivity index (χ1v) is 7.68. The zero-order valence-electron chi connectivity index (χ0n) is 10.9. The van der Waals surface area contributed by atoms with Gasteiger partial charge in [0.15, 0.2) is 0 Å². The van der Waals surface area contributed by atoms with Gasteiger partial charge in [-0.05, 0) is 58.7 Å². The van der Waals surface area contributed by atoms with Crippen LogP contribution in [0.15, 0.2) is 51.4 Å². The maximum absolute atomic E-state index is 11.9. The molecule has 0 fully saturated rings. The average molecular weight is 398 g/mol. The van der Waals surface area contributed by atoms with Crippen LogP contribution in [0.4, 0.5) is 11.4 Å². The van der Waals surface area contributed by atoms with E-state index in [0.29, 0.717) is 0 Å². The molecule has 5 heteroatoms. The molecule has 0 unspecified atom stereocenters. The number of hydrogen-bond acceptors (Lipinski definition) is 2. The number of benzene rings is 2. The molecular formula is C15H14Br2N2O. The minimum atomic E-state index is -0.0884. The number of aryl methyl sites for hydroxylation is 1. The van der Waals surface area contributed by atoms with Crippen LogP contribution in [0.25, 0.3) is 0 Å². The van der Waals surface area contributed by atoms with E-state index in [9.17, 15) is 4.79 Å². The SMILES string of the molecule is Cc1ccc(NC(=O)CNc2cccc(Br)c2)c(Br)c1. The Bertz CT molecular complexity index is 629. The molecule has 0 aliphatic carbocycles. The van der Waals surface area contributed by atoms with Gasteiger partial charge in [-0.2, -0.15) is 0 Å². The molecule has 2 aromatic carbocycles. The molecule has 0 heterocycles. The smallest absolute Gasteiger partial charge is 0.243 e. The Morgan fingerprint density at radius 1 is 1.15 bits per heavy atom. The molecule has 0 bridgehead atoms. The van der Waals surface area contributed by atoms with Crippen molar-refractivity contribution in [3.05, 3.63) is 57.0 Å². The van der Waals surface area contributed by atoms with Crippen molar-refractivity contribution < 1.29 is 4.79 Å². The number of anilines is 2. The third-order valence-electron chi connectivity index (χ3n) is 2.68. The summed E-state index contributed by atoms with van der Waals surface area (Å²) in [4.78, 5) is 11.9. The Hall–Kier alpha value is -1.33. The third-order valence-corrected chi connectivity index (χ3v) is 3.83. The highest BCUT2D eigenvalue weighted by molar-refractivity contribution is 9.10. The number of hydrogen-bond donors (Lipinski definition) is 2. The van der Waals surface area contributed by atoms with Crippen molar-refractivity contribution in [2.24, 2.45) is 0 Å². The van der Waals surface area contributed by atoms with Crippen molar-refractivity contribution in [1.82, 2.24) is 0 Å². The van der Waals surface area contributed by atoms with Crippen molar-refractivity contribution in [2.75, 3.05) is 17.2 Å². The number of amides is 1. The predicted octanol–water partition coefficient (Wildman–Crippen LogP) is 4.57. The molecule has 2 aromatic rings. The fourth-order valence-electron chi connectivity index (χ4n) is 1.70. The van der Waals surface area contributed by atoms with E-state index in [1.165, 1.54) is 0 Å². The van der Waals surface area contributed by atoms with Crippen LogP contribution in [-0.4, -0.2) is 12.5 Å². The molecule has 0 aliphatic rings. The molecule has 0 saturated heterocycles. The van der Waals surface area contributed by atoms with Gasteiger partial charge >= 0.3 is 0 Å². The molecule has 104 valence electrons. The summed E-state index contributed by atoms with van der Waals surface area (Å²) in [5.74, 6) is -0.0884. The maximum Gasteiger partial charge on any atom is 0.243 e. The van der Waals surface area contributed by atoms with Crippen LogP contribution in [-0.2, 0) is 4.79 Å². The van der Waals surface area contributed by atoms with Crippen molar-refractivity contribution in [3.63, 3.8) is 0 Å². The van der Waals surface area contributed by atoms with Crippen LogP contribution in [0.2, 0.25) is 0 Å². The lowest BCUT2D eigenvalue weighted by Gasteiger charge is -2.10. The minimum absolute atomic E-state index is 0.0884. The lowest BCUT2D eigenvalue weighted by atomic mass is 10.2. The van der Waals surface area contributed by atoms with E-state index in [1.807, 2.05) is 49.4 Å². The summed E-state index contributed by atoms with van der Waals surface area (Å²) in [6, 6.07) is 13.5. The molecule has 0 atom stereocenters. The summed E-state index contributed by atoms with van der Waals surface area (Å²) < 4.78 is 1.86. The van der Waals surface area contributed by atoms with Crippen molar-refractivity contribution in [1.29, 1.82) is 0 Å². The Kier molecular flexibility index (Phi) is 5.20. The highest BCUT2D eigenvalue weighted by Crippen LogP contribution is 2.23. The summed E-state index contributed by atoms with van der Waals surface area (Å²) in [7, 11) is 0. The predicted molar refractivity (Wildman–Crippen MR) is 90.1 cm³/mol. The van der Waals surface area contributed by atoms with Crippen LogP contribution in [0, 0.1) is 6.92 Å². The lowest BCUT2D eigenvalue weighted by molar-refractivity contribution is -0.114. The first-order chi connectivity index (χ1) is 9.54. The molecule has 20 heavy (non-hydrogen) atoms. The van der Waals surface area contributed by atoms with Gasteiger partial charge in [0.25, 0.3) is 0 Å². The van der Waals surface area contributed by atoms with Gasteiger partial charge in [0.05, 0.1) is 12.2 Å². The quantitative estimate of drug-likeness (QED) is 0.793. The summed E-state index contributed by atoms with van der Waals surface area (Å²) in [6.45, 7) is 2.22. The van der Waals surface area contributed by atoms with E-state index in [4.69, 9.17) is 0 Å². The largest absolute Gasteiger partial charge is 0.376 e. The molecule has 0 saturated carbocycles. The summed E-state index contributed by atoms with van der Waals surface area (Å²) in [5, 5.41) is 5.94. The van der Waals surface area contributed by atoms with Crippen LogP contribution in [0.1, 0.15) is 5.56 Å². The zero-order valence-corrected chi connectivity index (χ0v) is 14.1. The van der Waals surface area contributed by atoms with Gasteiger partial charge in [0.1, 0.15) is 0 Å². The fraction of sp³-hybridized carbons (Fsp3) is 0.133. The number of halogens is 2. The zero-order chi connectivity index (χ0) is 14.5. The minimum Gasteiger partial charge on any atom is -0.376 e. The first kappa shape index (κ1) is 15.1. The Morgan fingerprint density at radius 2 is 1.95 bits per heavy atom. The number of nitrogens with one attached hydrogen (secondary N) is 2. The van der Waals surface area contributed by atoms with Gasteiger partial charge in [-0.25, -0.2) is 0 Å². The highest BCUT2D eigenvalue weighted by Gasteiger charge is 2.05. The van der Waals surface area contributed by atoms with E-state index < -0.39 is 0 Å². The molecule has 0 spiro atoms. The summed E-state index contributed by atoms with van der Waals surface area (Å²) in [6.07, 6.45) is 0. The van der Waals surface area contributed by atoms with Crippen molar-refractivity contribution in [3.8, 4) is 0 Å². The van der Waals surface area contributed by atoms with Crippen molar-refractivity contribution >= 4 is 49.1 Å². The second kappa shape index (κ2) is 6.90. The number of carbonyl (C=O) groups excluding carboxylic acids is 1. The van der Waals surface area contributed by atoms with Gasteiger partial charge in [0, 0.05) is 14.6 Å². The molecular weight excluding hydrogens is 384 g/mol. The number of rotatable bonds is 4. The molecule has 2 rings (SSSR count). The molecule has 0 radical (unpaired) electrons. The average Bonchev–Trinajstić information content (AvgIpc) is 2.40. The van der Waals surface area contributed by atoms with Crippen LogP contribution in [0.3, 0.4) is 0 Å². The standard InChI is InChI=1S/C15H14Br2N2O/c1-10-5-6-14(13(17)7-10)19-15(20)9-18-12-4-2-3-11(16)8-12/h2-8,18H,9H2,1H3,(H,19,20). The van der Waals surface area contributed by atoms with Gasteiger partial charge in [0.2, 0.25) is 5.91 Å². The second-order valence-electron chi connectivity index (χ2n) is 4.40. The van der Waals surface area contributed by atoms with Gasteiger partial charge in [-0.1, -0.05) is 28.1 Å². The van der Waals surface area contributed by atoms with Crippen LogP contribution < -0.4 is 10.6 Å². The monoisotopic (exact) mass is 396 g/mol. The molecule has 3 nitrogen and oxygen atoms in total. The maximum atomic E-state index is 11.9. The summed E-state index contributed by atoms with van der Waals surface area (Å²) in [5.41, 5.74) is 2.82. The normalized spacial score (nSPS) is 10.2. The first-order valence-electron chi connectivity index (χ1n) is 6.10. The van der Waals surface area contributed by atoms with E-state index in [-0.39, 0.29) is 12.5 Å². The Labute approximate surface area is 135 Å². The van der Waals surface area contributed by atoms with E-state index in [1.54, 1.807) is 0 Å². The topological polar surface area (TPSA) is 41.1 Å². The third kappa shape index (κ3) is 4.35. The summed E-state index contributed by atoms with van der Waals surface area (Å²) >= 11 is 6.83. The molecule has 0 aliphatic heterocycles. The van der Waals surface area contributed by atoms with Crippen molar-refractivity contribution in [2.45, 2.75) is 6.92 Å².